The van der Waals surface area contributed by atoms with Crippen LogP contribution in [0.3, 0.4) is 0 Å². The maximum Gasteiger partial charge on any atom is 0.249 e. The van der Waals surface area contributed by atoms with Gasteiger partial charge in [0.1, 0.15) is 61.0 Å². The highest BCUT2D eigenvalue weighted by molar-refractivity contribution is 5.80. The number of rotatable bonds is 10. The number of nitrogens with two attached hydrogens (primary N) is 4. The molecule has 0 radical (unpaired) electrons. The van der Waals surface area contributed by atoms with Crippen LogP contribution in [0.15, 0.2) is 0 Å². The summed E-state index contributed by atoms with van der Waals surface area (Å²) in [5, 5.41) is 74.0. The molecule has 0 spiro atoms. The molecule has 1 amide bonds. The van der Waals surface area contributed by atoms with Gasteiger partial charge >= 0.3 is 0 Å². The molecule has 17 nitrogen and oxygen atoms in total. The van der Waals surface area contributed by atoms with E-state index in [9.17, 15) is 40.5 Å². The number of hydrogen-bond acceptors (Lipinski definition) is 16. The number of carbonyl (C=O) groups is 1. The van der Waals surface area contributed by atoms with E-state index in [0.717, 1.165) is 0 Å². The lowest BCUT2D eigenvalue weighted by atomic mass is 9.83. The summed E-state index contributed by atoms with van der Waals surface area (Å²) in [6.45, 7) is -0.764. The SMILES string of the molecule is NCC[C@@H](O)C(=O)N[C@@H]1C[C@H](N)[C@@H](O[C@H]2O[C@H](CN)[C@H](O)[C@H](O)[C@H]2N)[C@H](O[C@H]2O[C@@H](CO)[C@@H](O)[C@@H]2O)[C@H]1O. The summed E-state index contributed by atoms with van der Waals surface area (Å²) in [5.41, 5.74) is 23.3. The molecule has 2 aliphatic heterocycles. The topological polar surface area (TPSA) is 312 Å². The third kappa shape index (κ3) is 6.60. The molecule has 16 N–H and O–H groups in total. The zero-order valence-corrected chi connectivity index (χ0v) is 20.7. The minimum atomic E-state index is -1.62. The van der Waals surface area contributed by atoms with E-state index in [1.54, 1.807) is 0 Å². The van der Waals surface area contributed by atoms with Crippen LogP contribution in [-0.4, -0.2) is 153 Å². The highest BCUT2D eigenvalue weighted by Gasteiger charge is 2.53. The van der Waals surface area contributed by atoms with E-state index in [-0.39, 0.29) is 25.9 Å². The van der Waals surface area contributed by atoms with Gasteiger partial charge < -0.3 is 82.9 Å². The fraction of sp³-hybridized carbons (Fsp3) is 0.952. The molecule has 0 bridgehead atoms. The predicted molar refractivity (Wildman–Crippen MR) is 125 cm³/mol. The van der Waals surface area contributed by atoms with Crippen LogP contribution in [0.25, 0.3) is 0 Å². The molecule has 3 fully saturated rings. The van der Waals surface area contributed by atoms with Gasteiger partial charge in [0.05, 0.1) is 18.7 Å². The van der Waals surface area contributed by atoms with Crippen molar-refractivity contribution in [3.8, 4) is 0 Å². The number of ether oxygens (including phenoxy) is 4. The fourth-order valence-electron chi connectivity index (χ4n) is 4.84. The Morgan fingerprint density at radius 2 is 1.50 bits per heavy atom. The number of hydrogen-bond donors (Lipinski definition) is 12. The molecule has 0 aromatic rings. The molecule has 17 heteroatoms. The average molecular weight is 556 g/mol. The maximum atomic E-state index is 12.4. The highest BCUT2D eigenvalue weighted by Crippen LogP contribution is 2.32. The Morgan fingerprint density at radius 3 is 2.08 bits per heavy atom. The van der Waals surface area contributed by atoms with E-state index in [1.807, 2.05) is 0 Å². The third-order valence-electron chi connectivity index (χ3n) is 7.15. The van der Waals surface area contributed by atoms with E-state index in [4.69, 9.17) is 41.9 Å². The first kappa shape index (κ1) is 31.4. The monoisotopic (exact) mass is 555 g/mol. The molecule has 1 aliphatic carbocycles. The Kier molecular flexibility index (Phi) is 11.1. The van der Waals surface area contributed by atoms with Crippen LogP contribution in [0.1, 0.15) is 12.8 Å². The Balaban J connectivity index is 1.84. The molecule has 38 heavy (non-hydrogen) atoms. The van der Waals surface area contributed by atoms with Gasteiger partial charge in [0, 0.05) is 12.6 Å². The Hall–Kier alpha value is -1.13. The van der Waals surface area contributed by atoms with Gasteiger partial charge in [-0.05, 0) is 19.4 Å². The number of amides is 1. The second-order valence-electron chi connectivity index (χ2n) is 9.84. The van der Waals surface area contributed by atoms with Crippen molar-refractivity contribution in [1.29, 1.82) is 0 Å². The Morgan fingerprint density at radius 1 is 0.895 bits per heavy atom. The summed E-state index contributed by atoms with van der Waals surface area (Å²) < 4.78 is 22.7. The van der Waals surface area contributed by atoms with Crippen molar-refractivity contribution in [2.75, 3.05) is 19.7 Å². The van der Waals surface area contributed by atoms with Crippen LogP contribution in [-0.2, 0) is 23.7 Å². The molecule has 222 valence electrons. The fourth-order valence-corrected chi connectivity index (χ4v) is 4.84. The van der Waals surface area contributed by atoms with Crippen LogP contribution in [0, 0.1) is 0 Å². The van der Waals surface area contributed by atoms with Crippen molar-refractivity contribution in [2.45, 2.75) is 105 Å². The van der Waals surface area contributed by atoms with Crippen molar-refractivity contribution in [2.24, 2.45) is 22.9 Å². The van der Waals surface area contributed by atoms with Crippen molar-refractivity contribution in [3.63, 3.8) is 0 Å². The van der Waals surface area contributed by atoms with E-state index in [2.05, 4.69) is 5.32 Å². The molecule has 0 aromatic carbocycles. The van der Waals surface area contributed by atoms with Gasteiger partial charge in [-0.2, -0.15) is 0 Å². The van der Waals surface area contributed by atoms with E-state index >= 15 is 0 Å². The minimum absolute atomic E-state index is 0.0255. The number of carbonyl (C=O) groups excluding carboxylic acids is 1. The van der Waals surface area contributed by atoms with Gasteiger partial charge in [0.15, 0.2) is 12.6 Å². The smallest absolute Gasteiger partial charge is 0.249 e. The van der Waals surface area contributed by atoms with Crippen LogP contribution in [0.4, 0.5) is 0 Å². The first-order valence-electron chi connectivity index (χ1n) is 12.5. The maximum absolute atomic E-state index is 12.4. The van der Waals surface area contributed by atoms with Gasteiger partial charge in [0.2, 0.25) is 5.91 Å². The number of nitrogens with one attached hydrogen (secondary N) is 1. The molecule has 1 saturated carbocycles. The lowest BCUT2D eigenvalue weighted by molar-refractivity contribution is -0.307. The molecule has 0 unspecified atom stereocenters. The zero-order valence-electron chi connectivity index (χ0n) is 20.7. The summed E-state index contributed by atoms with van der Waals surface area (Å²) in [5.74, 6) is -0.807. The van der Waals surface area contributed by atoms with Crippen molar-refractivity contribution >= 4 is 5.91 Å². The molecular formula is C21H41N5O12. The second-order valence-corrected chi connectivity index (χ2v) is 9.84. The van der Waals surface area contributed by atoms with Crippen LogP contribution in [0.5, 0.6) is 0 Å². The summed E-state index contributed by atoms with van der Waals surface area (Å²) >= 11 is 0. The van der Waals surface area contributed by atoms with Gasteiger partial charge in [-0.3, -0.25) is 4.79 Å². The van der Waals surface area contributed by atoms with Crippen LogP contribution in [0.2, 0.25) is 0 Å². The van der Waals surface area contributed by atoms with E-state index < -0.39 is 104 Å². The van der Waals surface area contributed by atoms with Gasteiger partial charge in [-0.25, -0.2) is 0 Å². The first-order valence-corrected chi connectivity index (χ1v) is 12.5. The van der Waals surface area contributed by atoms with Crippen molar-refractivity contribution in [3.05, 3.63) is 0 Å². The molecule has 2 saturated heterocycles. The van der Waals surface area contributed by atoms with Gasteiger partial charge in [-0.15, -0.1) is 0 Å². The number of aliphatic hydroxyl groups excluding tert-OH is 7. The number of aliphatic hydroxyl groups is 7. The lowest BCUT2D eigenvalue weighted by Crippen LogP contribution is -2.69. The van der Waals surface area contributed by atoms with Crippen LogP contribution >= 0.6 is 0 Å². The lowest BCUT2D eigenvalue weighted by Gasteiger charge is -2.48. The van der Waals surface area contributed by atoms with Crippen molar-refractivity contribution in [1.82, 2.24) is 5.32 Å². The normalized spacial score (nSPS) is 46.6. The Bertz CT molecular complexity index is 770. The molecule has 3 aliphatic rings. The molecule has 2 heterocycles. The zero-order chi connectivity index (χ0) is 28.3. The standard InChI is InChI=1S/C21H41N5O12/c22-2-1-8(28)19(34)26-7-3-6(24)17(37-20-11(25)15(32)13(30)9(4-23)35-20)18(12(7)29)38-21-16(33)14(31)10(5-27)36-21/h6-18,20-21,27-33H,1-5,22-25H2,(H,26,34)/t6-,7+,8+,9+,10-,11+,12-,13-,14+,15+,16-,17+,18+,20+,21+/m0/s1. The highest BCUT2D eigenvalue weighted by atomic mass is 16.7. The molecule has 3 rings (SSSR count). The second kappa shape index (κ2) is 13.5. The summed E-state index contributed by atoms with van der Waals surface area (Å²) in [4.78, 5) is 12.4. The average Bonchev–Trinajstić information content (AvgIpc) is 3.16. The molecule has 15 atom stereocenters. The summed E-state index contributed by atoms with van der Waals surface area (Å²) in [7, 11) is 0. The molecular weight excluding hydrogens is 514 g/mol. The Labute approximate surface area is 218 Å². The van der Waals surface area contributed by atoms with Gasteiger partial charge in [0.25, 0.3) is 0 Å². The predicted octanol–water partition coefficient (Wildman–Crippen LogP) is -7.79. The van der Waals surface area contributed by atoms with Gasteiger partial charge in [-0.1, -0.05) is 0 Å². The largest absolute Gasteiger partial charge is 0.394 e. The first-order chi connectivity index (χ1) is 17.9. The van der Waals surface area contributed by atoms with Crippen LogP contribution < -0.4 is 28.3 Å². The van der Waals surface area contributed by atoms with E-state index in [1.165, 1.54) is 0 Å². The van der Waals surface area contributed by atoms with E-state index in [0.29, 0.717) is 0 Å². The summed E-state index contributed by atoms with van der Waals surface area (Å²) in [6, 6.07) is -3.29. The third-order valence-corrected chi connectivity index (χ3v) is 7.15. The quantitative estimate of drug-likeness (QED) is 0.119. The molecule has 0 aromatic heterocycles. The van der Waals surface area contributed by atoms with Crippen molar-refractivity contribution < 1.29 is 59.5 Å². The minimum Gasteiger partial charge on any atom is -0.394 e. The summed E-state index contributed by atoms with van der Waals surface area (Å²) in [6.07, 6.45) is -16.9.